The lowest BCUT2D eigenvalue weighted by atomic mass is 10.0. The third-order valence-electron chi connectivity index (χ3n) is 4.21. The second kappa shape index (κ2) is 4.58. The Labute approximate surface area is 126 Å². The SMILES string of the molecule is CN(C)[C@]1(C(=O)O)C[C@@H]1C(=O)c1cc(Cl)c2occc2c1. The summed E-state index contributed by atoms with van der Waals surface area (Å²) in [5.74, 6) is -1.72. The Balaban J connectivity index is 1.97. The molecule has 0 spiro atoms. The zero-order chi connectivity index (χ0) is 15.4. The minimum atomic E-state index is -1.10. The van der Waals surface area contributed by atoms with E-state index in [2.05, 4.69) is 0 Å². The largest absolute Gasteiger partial charge is 0.480 e. The lowest BCUT2D eigenvalue weighted by molar-refractivity contribution is -0.144. The first-order valence-corrected chi connectivity index (χ1v) is 6.87. The van der Waals surface area contributed by atoms with Crippen LogP contribution < -0.4 is 0 Å². The summed E-state index contributed by atoms with van der Waals surface area (Å²) in [6.07, 6.45) is 1.82. The van der Waals surface area contributed by atoms with E-state index >= 15 is 0 Å². The number of ketones is 1. The topological polar surface area (TPSA) is 70.8 Å². The van der Waals surface area contributed by atoms with Crippen LogP contribution in [0.25, 0.3) is 11.0 Å². The monoisotopic (exact) mass is 307 g/mol. The second-order valence-electron chi connectivity index (χ2n) is 5.54. The highest BCUT2D eigenvalue weighted by Gasteiger charge is 2.65. The number of carboxylic acid groups (broad SMARTS) is 1. The molecule has 1 aliphatic rings. The van der Waals surface area contributed by atoms with Crippen molar-refractivity contribution in [1.29, 1.82) is 0 Å². The Morgan fingerprint density at radius 3 is 2.71 bits per heavy atom. The predicted molar refractivity (Wildman–Crippen MR) is 77.7 cm³/mol. The molecule has 1 N–H and O–H groups in total. The highest BCUT2D eigenvalue weighted by molar-refractivity contribution is 6.35. The zero-order valence-electron chi connectivity index (χ0n) is 11.6. The van der Waals surface area contributed by atoms with Gasteiger partial charge < -0.3 is 9.52 Å². The van der Waals surface area contributed by atoms with Gasteiger partial charge in [0.05, 0.1) is 17.2 Å². The fourth-order valence-electron chi connectivity index (χ4n) is 2.87. The first-order valence-electron chi connectivity index (χ1n) is 6.49. The average Bonchev–Trinajstić information content (AvgIpc) is 3.02. The van der Waals surface area contributed by atoms with Crippen molar-refractivity contribution in [3.05, 3.63) is 35.0 Å². The molecular formula is C15H14ClNO4. The van der Waals surface area contributed by atoms with Crippen LogP contribution in [0.4, 0.5) is 0 Å². The molecule has 0 amide bonds. The summed E-state index contributed by atoms with van der Waals surface area (Å²) >= 11 is 6.10. The number of rotatable bonds is 4. The van der Waals surface area contributed by atoms with Gasteiger partial charge in [0.2, 0.25) is 0 Å². The Kier molecular flexibility index (Phi) is 3.07. The summed E-state index contributed by atoms with van der Waals surface area (Å²) in [5, 5.41) is 10.5. The van der Waals surface area contributed by atoms with Gasteiger partial charge in [0.25, 0.3) is 0 Å². The van der Waals surface area contributed by atoms with Crippen molar-refractivity contribution in [2.45, 2.75) is 12.0 Å². The first kappa shape index (κ1) is 14.1. The van der Waals surface area contributed by atoms with Gasteiger partial charge in [0.1, 0.15) is 5.54 Å². The molecule has 2 aromatic rings. The smallest absolute Gasteiger partial charge is 0.324 e. The number of fused-ring (bicyclic) bond motifs is 1. The highest BCUT2D eigenvalue weighted by Crippen LogP contribution is 2.49. The van der Waals surface area contributed by atoms with E-state index in [4.69, 9.17) is 16.0 Å². The highest BCUT2D eigenvalue weighted by atomic mass is 35.5. The molecule has 5 nitrogen and oxygen atoms in total. The zero-order valence-corrected chi connectivity index (χ0v) is 12.3. The van der Waals surface area contributed by atoms with E-state index in [0.717, 1.165) is 5.39 Å². The molecule has 1 saturated carbocycles. The molecule has 2 atom stereocenters. The number of aliphatic carboxylic acids is 1. The van der Waals surface area contributed by atoms with Crippen molar-refractivity contribution in [3.63, 3.8) is 0 Å². The molecule has 1 heterocycles. The maximum atomic E-state index is 12.6. The maximum absolute atomic E-state index is 12.6. The summed E-state index contributed by atoms with van der Waals surface area (Å²) in [6, 6.07) is 4.95. The van der Waals surface area contributed by atoms with Gasteiger partial charge in [0, 0.05) is 10.9 Å². The van der Waals surface area contributed by atoms with Crippen molar-refractivity contribution in [2.75, 3.05) is 14.1 Å². The number of likely N-dealkylation sites (N-methyl/N-ethyl adjacent to an activating group) is 1. The fraction of sp³-hybridized carbons (Fsp3) is 0.333. The number of nitrogens with zero attached hydrogens (tertiary/aromatic N) is 1. The number of carbonyl (C=O) groups is 2. The Bertz CT molecular complexity index is 751. The molecule has 1 aromatic heterocycles. The van der Waals surface area contributed by atoms with Gasteiger partial charge in [-0.15, -0.1) is 0 Å². The van der Waals surface area contributed by atoms with E-state index in [1.165, 1.54) is 12.3 Å². The molecule has 1 fully saturated rings. The van der Waals surface area contributed by atoms with Crippen molar-refractivity contribution >= 4 is 34.3 Å². The Hall–Kier alpha value is -1.85. The number of carbonyl (C=O) groups excluding carboxylic acids is 1. The molecule has 0 aliphatic heterocycles. The van der Waals surface area contributed by atoms with Gasteiger partial charge in [-0.3, -0.25) is 14.5 Å². The summed E-state index contributed by atoms with van der Waals surface area (Å²) in [7, 11) is 3.35. The maximum Gasteiger partial charge on any atom is 0.324 e. The fourth-order valence-corrected chi connectivity index (χ4v) is 3.14. The number of hydrogen-bond acceptors (Lipinski definition) is 4. The standard InChI is InChI=1S/C15H14ClNO4/c1-17(2)15(14(19)20)7-10(15)12(18)9-5-8-3-4-21-13(8)11(16)6-9/h3-6,10H,7H2,1-2H3,(H,19,20)/t10-,15-/m1/s1. The van der Waals surface area contributed by atoms with Crippen LogP contribution in [0, 0.1) is 5.92 Å². The molecule has 3 rings (SSSR count). The van der Waals surface area contributed by atoms with Crippen molar-refractivity contribution in [2.24, 2.45) is 5.92 Å². The molecule has 1 aliphatic carbocycles. The van der Waals surface area contributed by atoms with Gasteiger partial charge in [-0.25, -0.2) is 0 Å². The molecule has 6 heteroatoms. The van der Waals surface area contributed by atoms with Gasteiger partial charge in [-0.1, -0.05) is 11.6 Å². The number of carboxylic acids is 1. The number of halogens is 1. The lowest BCUT2D eigenvalue weighted by Gasteiger charge is -2.20. The Morgan fingerprint density at radius 1 is 1.43 bits per heavy atom. The van der Waals surface area contributed by atoms with Crippen LogP contribution in [0.2, 0.25) is 5.02 Å². The molecular weight excluding hydrogens is 294 g/mol. The van der Waals surface area contributed by atoms with Crippen molar-refractivity contribution in [3.8, 4) is 0 Å². The van der Waals surface area contributed by atoms with Gasteiger partial charge >= 0.3 is 5.97 Å². The molecule has 0 radical (unpaired) electrons. The van der Waals surface area contributed by atoms with Gasteiger partial charge in [-0.05, 0) is 38.7 Å². The van der Waals surface area contributed by atoms with Crippen LogP contribution in [-0.4, -0.2) is 41.4 Å². The van der Waals surface area contributed by atoms with E-state index in [1.54, 1.807) is 31.1 Å². The van der Waals surface area contributed by atoms with Crippen molar-refractivity contribution < 1.29 is 19.1 Å². The quantitative estimate of drug-likeness (QED) is 0.879. The molecule has 110 valence electrons. The van der Waals surface area contributed by atoms with E-state index in [1.807, 2.05) is 0 Å². The van der Waals surface area contributed by atoms with Crippen LogP contribution in [0.15, 0.2) is 28.9 Å². The summed E-state index contributed by atoms with van der Waals surface area (Å²) in [6.45, 7) is 0. The molecule has 1 aromatic carbocycles. The molecule has 0 bridgehead atoms. The van der Waals surface area contributed by atoms with Crippen LogP contribution >= 0.6 is 11.6 Å². The van der Waals surface area contributed by atoms with Crippen LogP contribution in [-0.2, 0) is 4.79 Å². The van der Waals surface area contributed by atoms with E-state index in [-0.39, 0.29) is 5.78 Å². The van der Waals surface area contributed by atoms with Crippen LogP contribution in [0.5, 0.6) is 0 Å². The van der Waals surface area contributed by atoms with E-state index < -0.39 is 17.4 Å². The van der Waals surface area contributed by atoms with Crippen molar-refractivity contribution in [1.82, 2.24) is 4.90 Å². The summed E-state index contributed by atoms with van der Waals surface area (Å²) in [4.78, 5) is 25.6. The lowest BCUT2D eigenvalue weighted by Crippen LogP contribution is -2.41. The van der Waals surface area contributed by atoms with E-state index in [0.29, 0.717) is 22.6 Å². The molecule has 0 saturated heterocycles. The molecule has 0 unspecified atom stereocenters. The van der Waals surface area contributed by atoms with E-state index in [9.17, 15) is 14.7 Å². The third-order valence-corrected chi connectivity index (χ3v) is 4.49. The first-order chi connectivity index (χ1) is 9.87. The normalized spacial score (nSPS) is 24.5. The van der Waals surface area contributed by atoms with Crippen LogP contribution in [0.1, 0.15) is 16.8 Å². The second-order valence-corrected chi connectivity index (χ2v) is 5.95. The minimum Gasteiger partial charge on any atom is -0.480 e. The summed E-state index contributed by atoms with van der Waals surface area (Å²) in [5.41, 5.74) is -0.153. The number of hydrogen-bond donors (Lipinski definition) is 1. The third kappa shape index (κ3) is 1.96. The summed E-state index contributed by atoms with van der Waals surface area (Å²) < 4.78 is 5.23. The van der Waals surface area contributed by atoms with Crippen LogP contribution in [0.3, 0.4) is 0 Å². The predicted octanol–water partition coefficient (Wildman–Crippen LogP) is 2.67. The number of Topliss-reactive ketones (excluding diaryl/α,β-unsaturated/α-hetero) is 1. The number of furan rings is 1. The average molecular weight is 308 g/mol. The van der Waals surface area contributed by atoms with Gasteiger partial charge in [0.15, 0.2) is 11.4 Å². The number of benzene rings is 1. The molecule has 21 heavy (non-hydrogen) atoms. The Morgan fingerprint density at radius 2 is 2.14 bits per heavy atom. The van der Waals surface area contributed by atoms with Gasteiger partial charge in [-0.2, -0.15) is 0 Å². The minimum absolute atomic E-state index is 0.198.